The van der Waals surface area contributed by atoms with Gasteiger partial charge >= 0.3 is 12.1 Å². The quantitative estimate of drug-likeness (QED) is 0.109. The van der Waals surface area contributed by atoms with Gasteiger partial charge in [0.15, 0.2) is 5.82 Å². The Bertz CT molecular complexity index is 2010. The van der Waals surface area contributed by atoms with Crippen LogP contribution in [0.1, 0.15) is 79.3 Å². The highest BCUT2D eigenvalue weighted by atomic mass is 16.6. The number of nitrogens with zero attached hydrogens (tertiary/aromatic N) is 6. The molecule has 4 aromatic rings. The molecule has 2 aromatic heterocycles. The summed E-state index contributed by atoms with van der Waals surface area (Å²) in [5, 5.41) is 7.43. The molecular weight excluding hydrogens is 672 g/mol. The summed E-state index contributed by atoms with van der Waals surface area (Å²) >= 11 is 0. The summed E-state index contributed by atoms with van der Waals surface area (Å²) in [6.07, 6.45) is 3.01. The molecule has 0 aliphatic carbocycles. The zero-order valence-electron chi connectivity index (χ0n) is 31.8. The molecule has 5 rings (SSSR count). The molecule has 1 fully saturated rings. The van der Waals surface area contributed by atoms with Gasteiger partial charge in [-0.2, -0.15) is 5.10 Å². The number of benzene rings is 2. The third-order valence-electron chi connectivity index (χ3n) is 9.51. The van der Waals surface area contributed by atoms with Crippen LogP contribution in [0.15, 0.2) is 78.1 Å². The van der Waals surface area contributed by atoms with E-state index in [1.54, 1.807) is 61.3 Å². The minimum atomic E-state index is -0.706. The van der Waals surface area contributed by atoms with E-state index in [1.807, 2.05) is 58.2 Å². The Balaban J connectivity index is 1.39. The summed E-state index contributed by atoms with van der Waals surface area (Å²) < 4.78 is 7.41. The fraction of sp³-hybridized carbons (Fsp3) is 0.400. The lowest BCUT2D eigenvalue weighted by molar-refractivity contribution is -0.119. The van der Waals surface area contributed by atoms with E-state index in [0.29, 0.717) is 47.8 Å². The van der Waals surface area contributed by atoms with Crippen molar-refractivity contribution in [2.45, 2.75) is 85.3 Å². The number of carbonyl (C=O) groups is 4. The third kappa shape index (κ3) is 8.51. The van der Waals surface area contributed by atoms with E-state index in [4.69, 9.17) is 10.5 Å². The molecule has 0 radical (unpaired) electrons. The van der Waals surface area contributed by atoms with Crippen LogP contribution in [0.25, 0.3) is 16.6 Å². The number of fused-ring (bicyclic) bond motifs is 1. The van der Waals surface area contributed by atoms with Gasteiger partial charge in [0.25, 0.3) is 11.8 Å². The molecule has 1 saturated heterocycles. The molecule has 2 aromatic carbocycles. The highest BCUT2D eigenvalue weighted by Gasteiger charge is 2.34. The molecule has 280 valence electrons. The molecule has 13 heteroatoms. The second kappa shape index (κ2) is 15.9. The molecule has 1 aliphatic rings. The maximum absolute atomic E-state index is 14.2. The van der Waals surface area contributed by atoms with Gasteiger partial charge in [0.05, 0.1) is 5.69 Å². The Hall–Kier alpha value is -5.72. The Kier molecular flexibility index (Phi) is 11.5. The molecule has 3 N–H and O–H groups in total. The predicted molar refractivity (Wildman–Crippen MR) is 206 cm³/mol. The lowest BCUT2D eigenvalue weighted by Gasteiger charge is -2.33. The van der Waals surface area contributed by atoms with E-state index in [1.165, 1.54) is 11.2 Å². The number of nitrogens with two attached hydrogens (primary N) is 1. The monoisotopic (exact) mass is 722 g/mol. The van der Waals surface area contributed by atoms with Gasteiger partial charge in [-0.25, -0.2) is 24.0 Å². The van der Waals surface area contributed by atoms with Crippen LogP contribution < -0.4 is 16.0 Å². The number of amides is 5. The summed E-state index contributed by atoms with van der Waals surface area (Å²) in [6, 6.07) is 17.2. The number of para-hydroxylation sites is 1. The van der Waals surface area contributed by atoms with Crippen LogP contribution in [-0.4, -0.2) is 80.1 Å². The van der Waals surface area contributed by atoms with Gasteiger partial charge in [0.2, 0.25) is 0 Å². The minimum Gasteiger partial charge on any atom is -0.444 e. The number of urea groups is 1. The maximum atomic E-state index is 14.2. The van der Waals surface area contributed by atoms with Gasteiger partial charge in [-0.15, -0.1) is 0 Å². The van der Waals surface area contributed by atoms with Gasteiger partial charge in [-0.05, 0) is 96.7 Å². The van der Waals surface area contributed by atoms with Crippen molar-refractivity contribution < 1.29 is 23.9 Å². The van der Waals surface area contributed by atoms with Gasteiger partial charge in [-0.1, -0.05) is 42.8 Å². The Morgan fingerprint density at radius 3 is 2.25 bits per heavy atom. The zero-order chi connectivity index (χ0) is 38.6. The molecule has 0 unspecified atom stereocenters. The zero-order valence-corrected chi connectivity index (χ0v) is 31.8. The SMILES string of the molecule is CC/C(C)=C(\C(=O)Nc1ccc(-c2cc(C3CCN(C(=O)OC(C)(C)C)CC3)n3ncnc(N)c23)cc1)C(=O)N(C(=O)N(C)C(C)C)c1ccccc1. The first-order valence-electron chi connectivity index (χ1n) is 18.0. The molecule has 0 atom stereocenters. The number of rotatable bonds is 8. The lowest BCUT2D eigenvalue weighted by Crippen LogP contribution is -2.49. The number of ether oxygens (including phenoxy) is 1. The normalized spacial score (nSPS) is 14.2. The number of allylic oxidation sites excluding steroid dienone is 1. The van der Waals surface area contributed by atoms with Crippen molar-refractivity contribution in [3.05, 3.63) is 83.8 Å². The molecule has 53 heavy (non-hydrogen) atoms. The maximum Gasteiger partial charge on any atom is 0.410 e. The number of piperidine rings is 1. The molecular formula is C40H50N8O5. The molecule has 0 saturated carbocycles. The number of hydrogen-bond acceptors (Lipinski definition) is 8. The van der Waals surface area contributed by atoms with Crippen molar-refractivity contribution in [3.8, 4) is 11.1 Å². The van der Waals surface area contributed by atoms with Crippen LogP contribution in [0.4, 0.5) is 26.8 Å². The lowest BCUT2D eigenvalue weighted by atomic mass is 9.93. The van der Waals surface area contributed by atoms with Crippen LogP contribution >= 0.6 is 0 Å². The van der Waals surface area contributed by atoms with Crippen LogP contribution in [0.5, 0.6) is 0 Å². The van der Waals surface area contributed by atoms with Crippen LogP contribution in [-0.2, 0) is 14.3 Å². The number of imide groups is 1. The van der Waals surface area contributed by atoms with E-state index in [-0.39, 0.29) is 23.6 Å². The number of aromatic nitrogens is 3. The Morgan fingerprint density at radius 1 is 1.02 bits per heavy atom. The fourth-order valence-electron chi connectivity index (χ4n) is 6.25. The van der Waals surface area contributed by atoms with Crippen molar-refractivity contribution in [2.75, 3.05) is 36.1 Å². The predicted octanol–water partition coefficient (Wildman–Crippen LogP) is 7.25. The Labute approximate surface area is 310 Å². The topological polar surface area (TPSA) is 155 Å². The number of likely N-dealkylation sites (tertiary alicyclic amines) is 1. The van der Waals surface area contributed by atoms with Crippen molar-refractivity contribution in [2.24, 2.45) is 0 Å². The highest BCUT2D eigenvalue weighted by Crippen LogP contribution is 2.37. The average Bonchev–Trinajstić information content (AvgIpc) is 3.52. The van der Waals surface area contributed by atoms with Crippen molar-refractivity contribution >= 4 is 46.6 Å². The van der Waals surface area contributed by atoms with E-state index in [9.17, 15) is 19.2 Å². The van der Waals surface area contributed by atoms with Crippen molar-refractivity contribution in [1.29, 1.82) is 0 Å². The van der Waals surface area contributed by atoms with Gasteiger partial charge in [-0.3, -0.25) is 9.59 Å². The smallest absolute Gasteiger partial charge is 0.410 e. The van der Waals surface area contributed by atoms with E-state index < -0.39 is 23.4 Å². The fourth-order valence-corrected chi connectivity index (χ4v) is 6.25. The van der Waals surface area contributed by atoms with Crippen molar-refractivity contribution in [3.63, 3.8) is 0 Å². The summed E-state index contributed by atoms with van der Waals surface area (Å²) in [6.45, 7) is 14.0. The molecule has 0 bridgehead atoms. The second-order valence-electron chi connectivity index (χ2n) is 14.6. The summed E-state index contributed by atoms with van der Waals surface area (Å²) in [5.41, 5.74) is 10.4. The van der Waals surface area contributed by atoms with Gasteiger partial charge in [0.1, 0.15) is 23.0 Å². The van der Waals surface area contributed by atoms with Gasteiger partial charge in [0, 0.05) is 49.0 Å². The number of nitrogen functional groups attached to an aromatic ring is 1. The molecule has 0 spiro atoms. The highest BCUT2D eigenvalue weighted by molar-refractivity contribution is 6.32. The number of anilines is 3. The average molecular weight is 723 g/mol. The number of hydrogen-bond donors (Lipinski definition) is 2. The van der Waals surface area contributed by atoms with E-state index in [0.717, 1.165) is 34.6 Å². The Morgan fingerprint density at radius 2 is 1.66 bits per heavy atom. The van der Waals surface area contributed by atoms with Gasteiger partial charge < -0.3 is 25.6 Å². The number of carbonyl (C=O) groups excluding carboxylic acids is 4. The van der Waals surface area contributed by atoms with Crippen molar-refractivity contribution in [1.82, 2.24) is 24.4 Å². The van der Waals surface area contributed by atoms with Crippen LogP contribution in [0, 0.1) is 0 Å². The minimum absolute atomic E-state index is 0.100. The first-order chi connectivity index (χ1) is 25.1. The molecule has 1 aliphatic heterocycles. The summed E-state index contributed by atoms with van der Waals surface area (Å²) in [7, 11) is 1.63. The summed E-state index contributed by atoms with van der Waals surface area (Å²) in [4.78, 5) is 62.9. The summed E-state index contributed by atoms with van der Waals surface area (Å²) in [5.74, 6) is -0.874. The number of nitrogens with one attached hydrogen (secondary N) is 1. The standard InChI is InChI=1S/C40H50N8O5/c1-9-26(4)33(37(50)47(30-13-11-10-12-14-30)38(51)45(8)25(2)3)36(49)44-29-17-15-27(16-18-29)31-23-32(48-34(31)35(41)42-24-43-48)28-19-21-46(22-20-28)39(52)53-40(5,6)7/h10-18,23-25,28H,9,19-22H2,1-8H3,(H,44,49)(H2,41,42,43)/b33-26+. The van der Waals surface area contributed by atoms with E-state index in [2.05, 4.69) is 21.5 Å². The van der Waals surface area contributed by atoms with E-state index >= 15 is 0 Å². The molecule has 5 amide bonds. The van der Waals surface area contributed by atoms with Crippen LogP contribution in [0.2, 0.25) is 0 Å². The first kappa shape index (κ1) is 38.5. The third-order valence-corrected chi connectivity index (χ3v) is 9.51. The van der Waals surface area contributed by atoms with Crippen LogP contribution in [0.3, 0.4) is 0 Å². The molecule has 13 nitrogen and oxygen atoms in total. The first-order valence-corrected chi connectivity index (χ1v) is 18.0. The second-order valence-corrected chi connectivity index (χ2v) is 14.6. The largest absolute Gasteiger partial charge is 0.444 e. The molecule has 3 heterocycles.